The van der Waals surface area contributed by atoms with Gasteiger partial charge in [0.25, 0.3) is 6.29 Å². The normalized spacial score (nSPS) is 13.8. The first kappa shape index (κ1) is 13.9. The molecule has 0 atom stereocenters. The van der Waals surface area contributed by atoms with Crippen LogP contribution in [-0.2, 0) is 16.1 Å². The Balaban J connectivity index is 1.68. The molecule has 3 rings (SSSR count). The first-order valence-electron chi connectivity index (χ1n) is 6.35. The molecule has 0 amide bonds. The molecule has 1 heterocycles. The van der Waals surface area contributed by atoms with Crippen molar-refractivity contribution in [2.75, 3.05) is 0 Å². The third-order valence-corrected chi connectivity index (χ3v) is 3.59. The van der Waals surface area contributed by atoms with Crippen LogP contribution in [0.15, 0.2) is 59.5 Å². The van der Waals surface area contributed by atoms with E-state index in [-0.39, 0.29) is 5.82 Å². The van der Waals surface area contributed by atoms with E-state index in [4.69, 9.17) is 14.2 Å². The summed E-state index contributed by atoms with van der Waals surface area (Å²) >= 11 is 3.45. The maximum Gasteiger partial charge on any atom is 0.266 e. The van der Waals surface area contributed by atoms with Gasteiger partial charge in [-0.3, -0.25) is 0 Å². The highest BCUT2D eigenvalue weighted by atomic mass is 79.9. The van der Waals surface area contributed by atoms with Crippen LogP contribution in [0.25, 0.3) is 0 Å². The monoisotopic (exact) mass is 350 g/mol. The van der Waals surface area contributed by atoms with E-state index in [1.165, 1.54) is 24.7 Å². The second-order valence-corrected chi connectivity index (χ2v) is 5.34. The molecule has 2 aromatic carbocycles. The van der Waals surface area contributed by atoms with Crippen molar-refractivity contribution in [2.45, 2.75) is 12.9 Å². The van der Waals surface area contributed by atoms with Gasteiger partial charge >= 0.3 is 0 Å². The summed E-state index contributed by atoms with van der Waals surface area (Å²) in [6.45, 7) is 0.299. The Hall–Kier alpha value is -2.01. The molecule has 0 aliphatic carbocycles. The van der Waals surface area contributed by atoms with Crippen LogP contribution in [0, 0.1) is 5.82 Å². The summed E-state index contributed by atoms with van der Waals surface area (Å²) in [5, 5.41) is 0. The van der Waals surface area contributed by atoms with Crippen LogP contribution in [0.3, 0.4) is 0 Å². The Labute approximate surface area is 130 Å². The van der Waals surface area contributed by atoms with Gasteiger partial charge in [-0.15, -0.1) is 0 Å². The van der Waals surface area contributed by atoms with Gasteiger partial charge < -0.3 is 14.2 Å². The molecule has 108 valence electrons. The first-order valence-corrected chi connectivity index (χ1v) is 7.14. The Morgan fingerprint density at radius 2 is 1.90 bits per heavy atom. The molecule has 0 saturated carbocycles. The van der Waals surface area contributed by atoms with Crippen LogP contribution in [0.1, 0.15) is 17.4 Å². The average molecular weight is 351 g/mol. The van der Waals surface area contributed by atoms with Crippen molar-refractivity contribution in [3.05, 3.63) is 76.4 Å². The van der Waals surface area contributed by atoms with E-state index >= 15 is 0 Å². The van der Waals surface area contributed by atoms with Gasteiger partial charge in [0.2, 0.25) is 0 Å². The zero-order valence-corrected chi connectivity index (χ0v) is 12.5. The highest BCUT2D eigenvalue weighted by molar-refractivity contribution is 9.10. The van der Waals surface area contributed by atoms with Crippen molar-refractivity contribution in [1.82, 2.24) is 0 Å². The van der Waals surface area contributed by atoms with Crippen molar-refractivity contribution in [3.63, 3.8) is 0 Å². The zero-order chi connectivity index (χ0) is 14.7. The van der Waals surface area contributed by atoms with Crippen molar-refractivity contribution in [3.8, 4) is 5.75 Å². The molecular formula is C16H12BrFO3. The van der Waals surface area contributed by atoms with Crippen molar-refractivity contribution >= 4 is 15.9 Å². The predicted molar refractivity (Wildman–Crippen MR) is 78.9 cm³/mol. The highest BCUT2D eigenvalue weighted by Gasteiger charge is 2.16. The van der Waals surface area contributed by atoms with Gasteiger partial charge in [0, 0.05) is 5.56 Å². The molecule has 0 aromatic heterocycles. The minimum absolute atomic E-state index is 0.270. The molecule has 0 N–H and O–H groups in total. The van der Waals surface area contributed by atoms with E-state index < -0.39 is 6.29 Å². The van der Waals surface area contributed by atoms with Crippen molar-refractivity contribution < 1.29 is 18.6 Å². The molecule has 0 radical (unpaired) electrons. The number of rotatable bonds is 4. The topological polar surface area (TPSA) is 27.7 Å². The maximum absolute atomic E-state index is 13.1. The molecule has 2 aromatic rings. The van der Waals surface area contributed by atoms with Crippen molar-refractivity contribution in [1.29, 1.82) is 0 Å². The quantitative estimate of drug-likeness (QED) is 0.800. The Morgan fingerprint density at radius 1 is 1.10 bits per heavy atom. The van der Waals surface area contributed by atoms with Crippen LogP contribution in [0.5, 0.6) is 5.75 Å². The molecule has 0 bridgehead atoms. The molecule has 1 aliphatic rings. The molecule has 1 aliphatic heterocycles. The molecule has 0 saturated heterocycles. The fraction of sp³-hybridized carbons (Fsp3) is 0.125. The van der Waals surface area contributed by atoms with Gasteiger partial charge in [-0.25, -0.2) is 4.39 Å². The molecule has 0 spiro atoms. The van der Waals surface area contributed by atoms with Gasteiger partial charge in [0.1, 0.15) is 30.7 Å². The lowest BCUT2D eigenvalue weighted by Crippen LogP contribution is -2.00. The standard InChI is InChI=1S/C16H12BrFO3/c17-14-9-12(16-19-6-7-20-16)4-5-15(14)21-10-11-2-1-3-13(18)8-11/h1-9,16H,10H2. The maximum atomic E-state index is 13.1. The van der Waals surface area contributed by atoms with Gasteiger partial charge in [-0.05, 0) is 51.8 Å². The van der Waals surface area contributed by atoms with Crippen LogP contribution in [0.2, 0.25) is 0 Å². The lowest BCUT2D eigenvalue weighted by atomic mass is 10.2. The van der Waals surface area contributed by atoms with Crippen LogP contribution in [0.4, 0.5) is 4.39 Å². The smallest absolute Gasteiger partial charge is 0.266 e. The molecule has 0 unspecified atom stereocenters. The molecule has 3 nitrogen and oxygen atoms in total. The largest absolute Gasteiger partial charge is 0.488 e. The van der Waals surface area contributed by atoms with E-state index in [0.29, 0.717) is 12.4 Å². The fourth-order valence-corrected chi connectivity index (χ4v) is 2.48. The van der Waals surface area contributed by atoms with Gasteiger partial charge in [-0.1, -0.05) is 12.1 Å². The molecule has 5 heteroatoms. The second kappa shape index (κ2) is 6.18. The third-order valence-electron chi connectivity index (χ3n) is 2.97. The molecule has 0 fully saturated rings. The van der Waals surface area contributed by atoms with E-state index in [0.717, 1.165) is 15.6 Å². The van der Waals surface area contributed by atoms with Crippen LogP contribution in [-0.4, -0.2) is 0 Å². The zero-order valence-electron chi connectivity index (χ0n) is 11.0. The van der Waals surface area contributed by atoms with E-state index in [2.05, 4.69) is 15.9 Å². The number of halogens is 2. The summed E-state index contributed by atoms with van der Waals surface area (Å²) in [4.78, 5) is 0. The number of hydrogen-bond acceptors (Lipinski definition) is 3. The van der Waals surface area contributed by atoms with Crippen LogP contribution >= 0.6 is 15.9 Å². The first-order chi connectivity index (χ1) is 10.2. The summed E-state index contributed by atoms with van der Waals surface area (Å²) < 4.78 is 30.1. The van der Waals surface area contributed by atoms with E-state index in [1.54, 1.807) is 6.07 Å². The number of hydrogen-bond donors (Lipinski definition) is 0. The Morgan fingerprint density at radius 3 is 2.62 bits per heavy atom. The fourth-order valence-electron chi connectivity index (χ4n) is 1.96. The minimum Gasteiger partial charge on any atom is -0.488 e. The van der Waals surface area contributed by atoms with E-state index in [1.807, 2.05) is 24.3 Å². The van der Waals surface area contributed by atoms with Crippen molar-refractivity contribution in [2.24, 2.45) is 0 Å². The molecule has 21 heavy (non-hydrogen) atoms. The summed E-state index contributed by atoms with van der Waals surface area (Å²) in [6, 6.07) is 11.9. The Kier molecular flexibility index (Phi) is 4.10. The summed E-state index contributed by atoms with van der Waals surface area (Å²) in [5.41, 5.74) is 1.66. The summed E-state index contributed by atoms with van der Waals surface area (Å²) in [5.74, 6) is 0.405. The van der Waals surface area contributed by atoms with Crippen LogP contribution < -0.4 is 4.74 Å². The predicted octanol–water partition coefficient (Wildman–Crippen LogP) is 4.68. The third kappa shape index (κ3) is 3.36. The SMILES string of the molecule is Fc1cccc(COc2ccc(C3OC=CO3)cc2Br)c1. The second-order valence-electron chi connectivity index (χ2n) is 4.48. The average Bonchev–Trinajstić information content (AvgIpc) is 3.00. The molecular weight excluding hydrogens is 339 g/mol. The Bertz CT molecular complexity index is 664. The summed E-state index contributed by atoms with van der Waals surface area (Å²) in [7, 11) is 0. The lowest BCUT2D eigenvalue weighted by molar-refractivity contribution is -0.0246. The lowest BCUT2D eigenvalue weighted by Gasteiger charge is -2.13. The highest BCUT2D eigenvalue weighted by Crippen LogP contribution is 2.32. The number of benzene rings is 2. The minimum atomic E-state index is -0.418. The van der Waals surface area contributed by atoms with Gasteiger partial charge in [-0.2, -0.15) is 0 Å². The van der Waals surface area contributed by atoms with Gasteiger partial charge in [0.05, 0.1) is 4.47 Å². The number of ether oxygens (including phenoxy) is 3. The summed E-state index contributed by atoms with van der Waals surface area (Å²) in [6.07, 6.45) is 2.60. The van der Waals surface area contributed by atoms with E-state index in [9.17, 15) is 4.39 Å². The van der Waals surface area contributed by atoms with Gasteiger partial charge in [0.15, 0.2) is 0 Å².